The van der Waals surface area contributed by atoms with E-state index in [0.717, 1.165) is 40.0 Å². The Morgan fingerprint density at radius 3 is 2.23 bits per heavy atom. The molecule has 3 rings (SSSR count). The molecule has 1 aliphatic heterocycles. The van der Waals surface area contributed by atoms with Gasteiger partial charge in [-0.05, 0) is 42.7 Å². The van der Waals surface area contributed by atoms with Gasteiger partial charge in [0, 0.05) is 13.1 Å². The van der Waals surface area contributed by atoms with Crippen molar-refractivity contribution in [2.75, 3.05) is 13.1 Å². The number of benzene rings is 1. The third kappa shape index (κ3) is 11.5. The number of nitrogens with one attached hydrogen (secondary N) is 2. The Bertz CT molecular complexity index is 898. The number of aryl methyl sites for hydroxylation is 1. The molecular weight excluding hydrogens is 460 g/mol. The summed E-state index contributed by atoms with van der Waals surface area (Å²) < 4.78 is 0. The van der Waals surface area contributed by atoms with Gasteiger partial charge in [0.1, 0.15) is 6.04 Å². The Hall–Kier alpha value is -2.74. The highest BCUT2D eigenvalue weighted by Crippen LogP contribution is 2.27. The predicted molar refractivity (Wildman–Crippen MR) is 144 cm³/mol. The lowest BCUT2D eigenvalue weighted by Crippen LogP contribution is -2.48. The number of carbonyl (C=O) groups excluding carboxylic acids is 3. The van der Waals surface area contributed by atoms with Gasteiger partial charge < -0.3 is 15.5 Å². The zero-order chi connectivity index (χ0) is 26.4. The fraction of sp³-hybridized carbons (Fsp3) is 0.556. The molecule has 35 heavy (non-hydrogen) atoms. The van der Waals surface area contributed by atoms with Gasteiger partial charge in [-0.2, -0.15) is 0 Å². The molecular formula is C27H42N4O3S. The highest BCUT2D eigenvalue weighted by atomic mass is 32.1. The van der Waals surface area contributed by atoms with E-state index in [1.54, 1.807) is 16.2 Å². The van der Waals surface area contributed by atoms with E-state index in [1.807, 2.05) is 36.7 Å². The maximum atomic E-state index is 12.5. The second-order valence-corrected chi connectivity index (χ2v) is 10.7. The Morgan fingerprint density at radius 1 is 1.11 bits per heavy atom. The smallest absolute Gasteiger partial charge is 0.243 e. The van der Waals surface area contributed by atoms with Gasteiger partial charge in [0.15, 0.2) is 0 Å². The first kappa shape index (κ1) is 30.3. The minimum absolute atomic E-state index is 0.0776. The summed E-state index contributed by atoms with van der Waals surface area (Å²) in [5.74, 6) is 1.28. The molecule has 8 heteroatoms. The number of amides is 3. The summed E-state index contributed by atoms with van der Waals surface area (Å²) in [6, 6.07) is 7.56. The zero-order valence-electron chi connectivity index (χ0n) is 22.3. The van der Waals surface area contributed by atoms with Gasteiger partial charge in [0.25, 0.3) is 0 Å². The van der Waals surface area contributed by atoms with Crippen molar-refractivity contribution in [2.24, 2.45) is 11.8 Å². The molecule has 194 valence electrons. The van der Waals surface area contributed by atoms with E-state index in [2.05, 4.69) is 57.2 Å². The first-order chi connectivity index (χ1) is 16.6. The van der Waals surface area contributed by atoms with Gasteiger partial charge in [-0.1, -0.05) is 65.8 Å². The van der Waals surface area contributed by atoms with Crippen LogP contribution < -0.4 is 10.6 Å². The molecule has 0 saturated carbocycles. The number of thiazole rings is 1. The summed E-state index contributed by atoms with van der Waals surface area (Å²) in [4.78, 5) is 41.9. The lowest BCUT2D eigenvalue weighted by atomic mass is 10.1. The summed E-state index contributed by atoms with van der Waals surface area (Å²) in [6.07, 6.45) is 1.91. The number of aromatic nitrogens is 1. The largest absolute Gasteiger partial charge is 0.350 e. The van der Waals surface area contributed by atoms with Crippen molar-refractivity contribution in [2.45, 2.75) is 73.9 Å². The molecule has 0 bridgehead atoms. The van der Waals surface area contributed by atoms with E-state index in [0.29, 0.717) is 25.9 Å². The molecule has 1 aromatic carbocycles. The second kappa shape index (κ2) is 16.0. The average Bonchev–Trinajstić information content (AvgIpc) is 3.45. The van der Waals surface area contributed by atoms with E-state index in [9.17, 15) is 14.4 Å². The van der Waals surface area contributed by atoms with Crippen molar-refractivity contribution in [1.29, 1.82) is 0 Å². The van der Waals surface area contributed by atoms with E-state index >= 15 is 0 Å². The Balaban J connectivity index is 0.000000668. The maximum Gasteiger partial charge on any atom is 0.243 e. The molecule has 0 radical (unpaired) electrons. The SMILES string of the molecule is CC(C)C.CC(C)C.Cc1ncsc1-c1ccc(CNC(=O)C2CCCN2C(=O)CNC=O)cc1. The van der Waals surface area contributed by atoms with Gasteiger partial charge in [0.05, 0.1) is 22.6 Å². The van der Waals surface area contributed by atoms with Crippen molar-refractivity contribution in [3.05, 3.63) is 41.0 Å². The Labute approximate surface area is 214 Å². The van der Waals surface area contributed by atoms with Crippen LogP contribution in [-0.4, -0.2) is 47.2 Å². The van der Waals surface area contributed by atoms with Crippen LogP contribution in [0.4, 0.5) is 0 Å². The summed E-state index contributed by atoms with van der Waals surface area (Å²) in [5, 5.41) is 5.27. The molecule has 0 aliphatic carbocycles. The van der Waals surface area contributed by atoms with Crippen molar-refractivity contribution in [3.63, 3.8) is 0 Å². The Kier molecular flexibility index (Phi) is 13.9. The van der Waals surface area contributed by atoms with Gasteiger partial charge in [-0.15, -0.1) is 11.3 Å². The number of hydrogen-bond donors (Lipinski definition) is 2. The first-order valence-corrected chi connectivity index (χ1v) is 13.2. The van der Waals surface area contributed by atoms with Crippen molar-refractivity contribution < 1.29 is 14.4 Å². The molecule has 1 saturated heterocycles. The van der Waals surface area contributed by atoms with Gasteiger partial charge in [-0.3, -0.25) is 14.4 Å². The number of carbonyl (C=O) groups is 3. The summed E-state index contributed by atoms with van der Waals surface area (Å²) >= 11 is 1.61. The number of likely N-dealkylation sites (tertiary alicyclic amines) is 1. The standard InChI is InChI=1S/C19H22N4O3S.2C4H10/c1-13-18(27-12-22-13)15-6-4-14(5-7-15)9-21-19(26)16-3-2-8-23(16)17(25)10-20-11-24;2*1-4(2)3/h4-7,11-12,16H,2-3,8-10H2,1H3,(H,20,24)(H,21,26);2*4H,1-3H3. The fourth-order valence-corrected chi connectivity index (χ4v) is 4.04. The highest BCUT2D eigenvalue weighted by Gasteiger charge is 2.33. The number of rotatable bonds is 7. The average molecular weight is 503 g/mol. The number of nitrogens with zero attached hydrogens (tertiary/aromatic N) is 2. The van der Waals surface area contributed by atoms with E-state index in [1.165, 1.54) is 0 Å². The molecule has 1 atom stereocenters. The van der Waals surface area contributed by atoms with Crippen LogP contribution in [0.1, 0.15) is 65.6 Å². The maximum absolute atomic E-state index is 12.5. The molecule has 7 nitrogen and oxygen atoms in total. The van der Waals surface area contributed by atoms with Crippen LogP contribution in [0.15, 0.2) is 29.8 Å². The third-order valence-electron chi connectivity index (χ3n) is 4.64. The molecule has 1 aliphatic rings. The molecule has 0 spiro atoms. The van der Waals surface area contributed by atoms with E-state index in [4.69, 9.17) is 0 Å². The van der Waals surface area contributed by atoms with Crippen LogP contribution in [0.5, 0.6) is 0 Å². The fourth-order valence-electron chi connectivity index (χ4n) is 3.23. The minimum atomic E-state index is -0.468. The topological polar surface area (TPSA) is 91.4 Å². The van der Waals surface area contributed by atoms with Crippen molar-refractivity contribution >= 4 is 29.6 Å². The molecule has 1 unspecified atom stereocenters. The molecule has 1 aromatic heterocycles. The second-order valence-electron chi connectivity index (χ2n) is 9.89. The molecule has 1 fully saturated rings. The zero-order valence-corrected chi connectivity index (χ0v) is 23.1. The summed E-state index contributed by atoms with van der Waals surface area (Å²) in [5.41, 5.74) is 4.95. The Morgan fingerprint density at radius 2 is 1.71 bits per heavy atom. The van der Waals surface area contributed by atoms with Gasteiger partial charge >= 0.3 is 0 Å². The summed E-state index contributed by atoms with van der Waals surface area (Å²) in [7, 11) is 0. The van der Waals surface area contributed by atoms with Gasteiger partial charge in [-0.25, -0.2) is 4.98 Å². The van der Waals surface area contributed by atoms with Gasteiger partial charge in [0.2, 0.25) is 18.2 Å². The predicted octanol–water partition coefficient (Wildman–Crippen LogP) is 4.80. The normalized spacial score (nSPS) is 14.5. The van der Waals surface area contributed by atoms with Crippen LogP contribution >= 0.6 is 11.3 Å². The van der Waals surface area contributed by atoms with Crippen LogP contribution in [-0.2, 0) is 20.9 Å². The number of hydrogen-bond acceptors (Lipinski definition) is 5. The molecule has 2 heterocycles. The molecule has 2 N–H and O–H groups in total. The lowest BCUT2D eigenvalue weighted by molar-refractivity contribution is -0.138. The molecule has 2 aromatic rings. The lowest BCUT2D eigenvalue weighted by Gasteiger charge is -2.23. The van der Waals surface area contributed by atoms with Crippen LogP contribution in [0.3, 0.4) is 0 Å². The third-order valence-corrected chi connectivity index (χ3v) is 5.62. The highest BCUT2D eigenvalue weighted by molar-refractivity contribution is 7.13. The van der Waals surface area contributed by atoms with E-state index in [-0.39, 0.29) is 18.4 Å². The molecule has 3 amide bonds. The van der Waals surface area contributed by atoms with Crippen molar-refractivity contribution in [1.82, 2.24) is 20.5 Å². The quantitative estimate of drug-likeness (QED) is 0.532. The minimum Gasteiger partial charge on any atom is -0.350 e. The van der Waals surface area contributed by atoms with Crippen molar-refractivity contribution in [3.8, 4) is 10.4 Å². The van der Waals surface area contributed by atoms with Crippen LogP contribution in [0, 0.1) is 18.8 Å². The monoisotopic (exact) mass is 502 g/mol. The van der Waals surface area contributed by atoms with Crippen LogP contribution in [0.2, 0.25) is 0 Å². The van der Waals surface area contributed by atoms with E-state index < -0.39 is 6.04 Å². The summed E-state index contributed by atoms with van der Waals surface area (Å²) in [6.45, 7) is 15.9. The first-order valence-electron chi connectivity index (χ1n) is 12.3. The van der Waals surface area contributed by atoms with Crippen LogP contribution in [0.25, 0.3) is 10.4 Å².